The zero-order chi connectivity index (χ0) is 38.8. The van der Waals surface area contributed by atoms with E-state index in [1.54, 1.807) is 18.3 Å². The van der Waals surface area contributed by atoms with E-state index in [1.165, 1.54) is 44.6 Å². The number of benzene rings is 2. The number of phenolic OH excluding ortho intramolecular Hbond substituents is 1. The number of nitrogens with zero attached hydrogens (tertiary/aromatic N) is 2. The number of aromatic hydroxyl groups is 1. The Bertz CT molecular complexity index is 1800. The van der Waals surface area contributed by atoms with Crippen LogP contribution in [0.3, 0.4) is 0 Å². The van der Waals surface area contributed by atoms with E-state index in [9.17, 15) is 15.0 Å². The number of nitrogens with one attached hydrogen (secondary N) is 2. The number of H-pyrrole nitrogens is 1. The topological polar surface area (TPSA) is 124 Å². The highest BCUT2D eigenvalue weighted by molar-refractivity contribution is 6.74. The van der Waals surface area contributed by atoms with Gasteiger partial charge in [0.2, 0.25) is 11.4 Å². The summed E-state index contributed by atoms with van der Waals surface area (Å²) in [4.78, 5) is 21.8. The van der Waals surface area contributed by atoms with Crippen molar-refractivity contribution < 1.29 is 19.1 Å². The summed E-state index contributed by atoms with van der Waals surface area (Å²) >= 11 is 0. The summed E-state index contributed by atoms with van der Waals surface area (Å²) in [6, 6.07) is 16.8. The van der Waals surface area contributed by atoms with Gasteiger partial charge in [-0.15, -0.1) is 0 Å². The highest BCUT2D eigenvalue weighted by Gasteiger charge is 2.45. The van der Waals surface area contributed by atoms with Crippen molar-refractivity contribution in [2.45, 2.75) is 134 Å². The Morgan fingerprint density at radius 2 is 1.65 bits per heavy atom. The number of rotatable bonds is 20. The van der Waals surface area contributed by atoms with E-state index in [0.717, 1.165) is 73.9 Å². The Kier molecular flexibility index (Phi) is 14.8. The number of aromatic nitrogens is 2. The minimum Gasteiger partial charge on any atom is -0.506 e. The molecule has 4 N–H and O–H groups in total. The summed E-state index contributed by atoms with van der Waals surface area (Å²) in [6.45, 7) is 14.5. The average Bonchev–Trinajstić information content (AvgIpc) is 3.62. The van der Waals surface area contributed by atoms with Gasteiger partial charge in [-0.1, -0.05) is 109 Å². The lowest BCUT2D eigenvalue weighted by molar-refractivity contribution is -0.0242. The quantitative estimate of drug-likeness (QED) is 0.0519. The minimum absolute atomic E-state index is 0.0492. The van der Waals surface area contributed by atoms with E-state index in [2.05, 4.69) is 61.1 Å². The van der Waals surface area contributed by atoms with Gasteiger partial charge in [-0.3, -0.25) is 9.69 Å². The Morgan fingerprint density at radius 3 is 2.35 bits per heavy atom. The summed E-state index contributed by atoms with van der Waals surface area (Å²) in [5.74, 6) is 1.42. The van der Waals surface area contributed by atoms with E-state index in [4.69, 9.17) is 8.84 Å². The van der Waals surface area contributed by atoms with Crippen LogP contribution < -0.4 is 10.9 Å². The van der Waals surface area contributed by atoms with Crippen LogP contribution in [0.4, 0.5) is 0 Å². The zero-order valence-electron chi connectivity index (χ0n) is 33.8. The van der Waals surface area contributed by atoms with Crippen LogP contribution in [0.2, 0.25) is 18.1 Å². The molecule has 1 saturated carbocycles. The van der Waals surface area contributed by atoms with Crippen LogP contribution in [0.25, 0.3) is 10.9 Å². The molecule has 0 amide bonds. The fourth-order valence-corrected chi connectivity index (χ4v) is 8.96. The van der Waals surface area contributed by atoms with Crippen LogP contribution >= 0.6 is 0 Å². The van der Waals surface area contributed by atoms with Crippen LogP contribution in [0, 0.1) is 5.92 Å². The predicted octanol–water partition coefficient (Wildman–Crippen LogP) is 9.55. The van der Waals surface area contributed by atoms with E-state index in [1.807, 2.05) is 36.4 Å². The summed E-state index contributed by atoms with van der Waals surface area (Å²) < 4.78 is 13.2. The minimum atomic E-state index is -2.11. The first-order valence-electron chi connectivity index (χ1n) is 20.4. The first-order chi connectivity index (χ1) is 25.8. The van der Waals surface area contributed by atoms with Gasteiger partial charge in [-0.25, -0.2) is 4.98 Å². The summed E-state index contributed by atoms with van der Waals surface area (Å²) in [7, 11) is 0.0263. The largest absolute Gasteiger partial charge is 0.506 e. The van der Waals surface area contributed by atoms with Crippen LogP contribution in [-0.2, 0) is 16.6 Å². The van der Waals surface area contributed by atoms with Crippen molar-refractivity contribution in [1.82, 2.24) is 20.2 Å². The monoisotopic (exact) mass is 758 g/mol. The lowest BCUT2D eigenvalue weighted by Gasteiger charge is -2.39. The van der Waals surface area contributed by atoms with Crippen LogP contribution in [0.5, 0.6) is 5.75 Å². The van der Waals surface area contributed by atoms with Crippen molar-refractivity contribution in [3.8, 4) is 5.75 Å². The normalized spacial score (nSPS) is 16.2. The second-order valence-corrected chi connectivity index (χ2v) is 21.9. The third-order valence-electron chi connectivity index (χ3n) is 11.9. The van der Waals surface area contributed by atoms with Crippen LogP contribution in [0.1, 0.15) is 127 Å². The smallest absolute Gasteiger partial charge is 0.248 e. The molecule has 2 aromatic heterocycles. The van der Waals surface area contributed by atoms with Crippen LogP contribution in [0.15, 0.2) is 70.0 Å². The summed E-state index contributed by atoms with van der Waals surface area (Å²) in [5, 5.41) is 27.1. The zero-order valence-corrected chi connectivity index (χ0v) is 34.8. The van der Waals surface area contributed by atoms with E-state index >= 15 is 0 Å². The molecule has 1 aliphatic rings. The van der Waals surface area contributed by atoms with E-state index < -0.39 is 13.9 Å². The molecule has 1 fully saturated rings. The number of oxazole rings is 1. The molecule has 0 saturated heterocycles. The molecule has 0 spiro atoms. The number of unbranched alkanes of at least 4 members (excludes halogenated alkanes) is 6. The lowest BCUT2D eigenvalue weighted by atomic mass is 9.73. The number of aliphatic hydroxyl groups is 1. The third kappa shape index (κ3) is 10.7. The number of aromatic amines is 1. The van der Waals surface area contributed by atoms with Crippen molar-refractivity contribution in [2.24, 2.45) is 5.92 Å². The van der Waals surface area contributed by atoms with Gasteiger partial charge in [0.1, 0.15) is 11.5 Å². The number of hydrogen-bond acceptors (Lipinski definition) is 8. The fraction of sp³-hybridized carbons (Fsp3) is 0.591. The maximum atomic E-state index is 12.1. The fourth-order valence-electron chi connectivity index (χ4n) is 7.68. The maximum Gasteiger partial charge on any atom is 0.248 e. The SMILES string of the molecule is CN(CCCCCCCCCNC[C@H](O[Si](C)(C)C(C)(C)C)c1ccc(O)c2[nH]c(=O)ccc12)Cc1cnc(C(O)(c2ccccc2)C2CCCCC2)o1. The van der Waals surface area contributed by atoms with Gasteiger partial charge < -0.3 is 29.4 Å². The van der Waals surface area contributed by atoms with E-state index in [0.29, 0.717) is 24.5 Å². The Morgan fingerprint density at radius 1 is 0.963 bits per heavy atom. The van der Waals surface area contributed by atoms with Gasteiger partial charge >= 0.3 is 0 Å². The van der Waals surface area contributed by atoms with Gasteiger partial charge in [-0.05, 0) is 87.2 Å². The highest BCUT2D eigenvalue weighted by atomic mass is 28.4. The first-order valence-corrected chi connectivity index (χ1v) is 23.4. The number of fused-ring (bicyclic) bond motifs is 1. The summed E-state index contributed by atoms with van der Waals surface area (Å²) in [5.41, 5.74) is 0.889. The Balaban J connectivity index is 1.01. The second kappa shape index (κ2) is 19.0. The van der Waals surface area contributed by atoms with Crippen molar-refractivity contribution >= 4 is 19.2 Å². The van der Waals surface area contributed by atoms with Gasteiger partial charge in [0.15, 0.2) is 13.9 Å². The molecule has 0 aliphatic heterocycles. The maximum absolute atomic E-state index is 12.1. The van der Waals surface area contributed by atoms with Crippen molar-refractivity contribution in [3.63, 3.8) is 0 Å². The second-order valence-electron chi connectivity index (χ2n) is 17.2. The predicted molar refractivity (Wildman–Crippen MR) is 221 cm³/mol. The van der Waals surface area contributed by atoms with Gasteiger partial charge in [0, 0.05) is 23.9 Å². The molecule has 296 valence electrons. The van der Waals surface area contributed by atoms with Gasteiger partial charge in [0.25, 0.3) is 0 Å². The molecule has 5 rings (SSSR count). The lowest BCUT2D eigenvalue weighted by Crippen LogP contribution is -2.43. The molecule has 1 aliphatic carbocycles. The molecule has 1 unspecified atom stereocenters. The highest BCUT2D eigenvalue weighted by Crippen LogP contribution is 2.44. The number of pyridine rings is 1. The number of hydrogen-bond donors (Lipinski definition) is 4. The summed E-state index contributed by atoms with van der Waals surface area (Å²) in [6.07, 6.45) is 15.4. The van der Waals surface area contributed by atoms with Crippen molar-refractivity contribution in [1.29, 1.82) is 0 Å². The Labute approximate surface area is 324 Å². The van der Waals surface area contributed by atoms with Crippen molar-refractivity contribution in [2.75, 3.05) is 26.7 Å². The van der Waals surface area contributed by atoms with Crippen LogP contribution in [-0.4, -0.2) is 60.1 Å². The third-order valence-corrected chi connectivity index (χ3v) is 16.4. The molecule has 4 aromatic rings. The average molecular weight is 759 g/mol. The molecule has 0 radical (unpaired) electrons. The Hall–Kier alpha value is -3.28. The molecule has 2 atom stereocenters. The van der Waals surface area contributed by atoms with E-state index in [-0.39, 0.29) is 28.4 Å². The standard InChI is InChI=1S/C44H66N4O5Si/c1-43(2,3)54(5,6)53-39(36-24-26-38(49)41-37(36)25-27-40(50)47-41)31-45-28-18-10-8-7-9-11-19-29-48(4)32-35-30-46-42(52-35)44(51,33-20-14-12-15-21-33)34-22-16-13-17-23-34/h12,14-15,20-21,24-27,30,34,39,45,49,51H,7-11,13,16-19,22-23,28-29,31-32H2,1-6H3,(H,47,50)/t39-,44?/m0/s1. The molecule has 54 heavy (non-hydrogen) atoms. The number of phenols is 1. The molecule has 9 nitrogen and oxygen atoms in total. The van der Waals surface area contributed by atoms with Gasteiger partial charge in [-0.2, -0.15) is 0 Å². The molecule has 2 aromatic carbocycles. The van der Waals surface area contributed by atoms with Crippen molar-refractivity contribution in [3.05, 3.63) is 93.9 Å². The molecular formula is C44H66N4O5Si. The molecular weight excluding hydrogens is 693 g/mol. The molecule has 0 bridgehead atoms. The first kappa shape index (κ1) is 41.9. The molecule has 10 heteroatoms. The molecule has 2 heterocycles. The van der Waals surface area contributed by atoms with Gasteiger partial charge in [0.05, 0.1) is 24.4 Å².